The van der Waals surface area contributed by atoms with Gasteiger partial charge in [0.2, 0.25) is 5.78 Å². The van der Waals surface area contributed by atoms with Gasteiger partial charge in [-0.1, -0.05) is 29.8 Å². The molecule has 4 aromatic rings. The van der Waals surface area contributed by atoms with Crippen molar-refractivity contribution in [3.8, 4) is 0 Å². The number of ether oxygens (including phenoxy) is 1. The number of carbonyl (C=O) groups excluding carboxylic acids is 1. The van der Waals surface area contributed by atoms with E-state index in [1.807, 2.05) is 44.2 Å². The highest BCUT2D eigenvalue weighted by molar-refractivity contribution is 5.91. The van der Waals surface area contributed by atoms with E-state index < -0.39 is 5.97 Å². The van der Waals surface area contributed by atoms with Gasteiger partial charge >= 0.3 is 5.97 Å². The first-order chi connectivity index (χ1) is 13.0. The SMILES string of the molecule is Cc1ccc2c(c1)c(=O)n(C)c1nnc(COC(=O)c3ccccc3C)n21. The van der Waals surface area contributed by atoms with Crippen molar-refractivity contribution < 1.29 is 9.53 Å². The highest BCUT2D eigenvalue weighted by atomic mass is 16.5. The van der Waals surface area contributed by atoms with E-state index in [2.05, 4.69) is 10.2 Å². The van der Waals surface area contributed by atoms with Gasteiger partial charge in [0.25, 0.3) is 5.56 Å². The maximum atomic E-state index is 12.6. The van der Waals surface area contributed by atoms with Crippen molar-refractivity contribution in [2.75, 3.05) is 0 Å². The van der Waals surface area contributed by atoms with Gasteiger partial charge < -0.3 is 4.74 Å². The third-order valence-electron chi connectivity index (χ3n) is 4.64. The topological polar surface area (TPSA) is 78.5 Å². The van der Waals surface area contributed by atoms with Gasteiger partial charge in [-0.3, -0.25) is 13.8 Å². The van der Waals surface area contributed by atoms with E-state index >= 15 is 0 Å². The summed E-state index contributed by atoms with van der Waals surface area (Å²) in [6.07, 6.45) is 0. The lowest BCUT2D eigenvalue weighted by Crippen LogP contribution is -2.20. The van der Waals surface area contributed by atoms with Gasteiger partial charge in [0, 0.05) is 7.05 Å². The van der Waals surface area contributed by atoms with Gasteiger partial charge in [-0.2, -0.15) is 0 Å². The van der Waals surface area contributed by atoms with Crippen LogP contribution in [0.5, 0.6) is 0 Å². The Balaban J connectivity index is 1.77. The molecule has 2 heterocycles. The molecular weight excluding hydrogens is 344 g/mol. The molecule has 0 N–H and O–H groups in total. The number of aromatic nitrogens is 4. The summed E-state index contributed by atoms with van der Waals surface area (Å²) in [5.41, 5.74) is 2.89. The van der Waals surface area contributed by atoms with Crippen LogP contribution in [-0.2, 0) is 18.4 Å². The van der Waals surface area contributed by atoms with Crippen LogP contribution < -0.4 is 5.56 Å². The lowest BCUT2D eigenvalue weighted by atomic mass is 10.1. The van der Waals surface area contributed by atoms with Crippen LogP contribution >= 0.6 is 0 Å². The van der Waals surface area contributed by atoms with Crippen molar-refractivity contribution in [2.24, 2.45) is 7.05 Å². The van der Waals surface area contributed by atoms with Gasteiger partial charge in [-0.15, -0.1) is 10.2 Å². The zero-order chi connectivity index (χ0) is 19.1. The average Bonchev–Trinajstić information content (AvgIpc) is 3.08. The molecule has 0 amide bonds. The molecule has 0 unspecified atom stereocenters. The zero-order valence-electron chi connectivity index (χ0n) is 15.3. The fourth-order valence-corrected chi connectivity index (χ4v) is 3.16. The van der Waals surface area contributed by atoms with E-state index in [4.69, 9.17) is 4.74 Å². The molecule has 0 aliphatic rings. The highest BCUT2D eigenvalue weighted by Crippen LogP contribution is 2.17. The summed E-state index contributed by atoms with van der Waals surface area (Å²) in [7, 11) is 1.65. The number of esters is 1. The Bertz CT molecular complexity index is 1250. The normalized spacial score (nSPS) is 11.2. The number of hydrogen-bond donors (Lipinski definition) is 0. The number of hydrogen-bond acceptors (Lipinski definition) is 5. The van der Waals surface area contributed by atoms with Gasteiger partial charge in [0.1, 0.15) is 0 Å². The largest absolute Gasteiger partial charge is 0.454 e. The Morgan fingerprint density at radius 1 is 1.11 bits per heavy atom. The second-order valence-electron chi connectivity index (χ2n) is 6.53. The van der Waals surface area contributed by atoms with E-state index in [9.17, 15) is 9.59 Å². The van der Waals surface area contributed by atoms with Crippen LogP contribution in [0.2, 0.25) is 0 Å². The Kier molecular flexibility index (Phi) is 3.99. The molecule has 0 saturated heterocycles. The monoisotopic (exact) mass is 362 g/mol. The fraction of sp³-hybridized carbons (Fsp3) is 0.200. The van der Waals surface area contributed by atoms with Crippen molar-refractivity contribution in [3.05, 3.63) is 75.3 Å². The Morgan fingerprint density at radius 3 is 2.67 bits per heavy atom. The molecule has 27 heavy (non-hydrogen) atoms. The third-order valence-corrected chi connectivity index (χ3v) is 4.64. The standard InChI is InChI=1S/C20H18N4O3/c1-12-8-9-16-15(10-12)18(25)23(3)20-22-21-17(24(16)20)11-27-19(26)14-7-5-4-6-13(14)2/h4-10H,11H2,1-3H3. The molecule has 7 nitrogen and oxygen atoms in total. The Morgan fingerprint density at radius 2 is 1.89 bits per heavy atom. The van der Waals surface area contributed by atoms with Crippen LogP contribution in [0.3, 0.4) is 0 Å². The number of fused-ring (bicyclic) bond motifs is 3. The van der Waals surface area contributed by atoms with E-state index in [1.165, 1.54) is 4.57 Å². The van der Waals surface area contributed by atoms with Gasteiger partial charge in [0.15, 0.2) is 12.4 Å². The molecule has 4 rings (SSSR count). The van der Waals surface area contributed by atoms with Crippen LogP contribution in [0.25, 0.3) is 16.7 Å². The Labute approximate surface area is 154 Å². The lowest BCUT2D eigenvalue weighted by Gasteiger charge is -2.09. The summed E-state index contributed by atoms with van der Waals surface area (Å²) in [4.78, 5) is 25.0. The number of rotatable bonds is 3. The van der Waals surface area contributed by atoms with Crippen molar-refractivity contribution in [1.82, 2.24) is 19.2 Å². The van der Waals surface area contributed by atoms with Crippen LogP contribution in [0.4, 0.5) is 0 Å². The minimum absolute atomic E-state index is 0.0461. The molecule has 2 aromatic carbocycles. The molecule has 136 valence electrons. The fourth-order valence-electron chi connectivity index (χ4n) is 3.16. The molecule has 0 aliphatic heterocycles. The molecule has 0 atom stereocenters. The minimum atomic E-state index is -0.421. The van der Waals surface area contributed by atoms with Crippen molar-refractivity contribution in [3.63, 3.8) is 0 Å². The van der Waals surface area contributed by atoms with Gasteiger partial charge in [-0.05, 0) is 37.6 Å². The predicted octanol–water partition coefficient (Wildman–Crippen LogP) is 2.56. The molecule has 0 radical (unpaired) electrons. The molecule has 0 aliphatic carbocycles. The smallest absolute Gasteiger partial charge is 0.338 e. The summed E-state index contributed by atoms with van der Waals surface area (Å²) in [6.45, 7) is 3.74. The molecule has 7 heteroatoms. The van der Waals surface area contributed by atoms with E-state index in [-0.39, 0.29) is 12.2 Å². The first kappa shape index (κ1) is 17.0. The van der Waals surface area contributed by atoms with E-state index in [0.29, 0.717) is 28.1 Å². The maximum Gasteiger partial charge on any atom is 0.338 e. The summed E-state index contributed by atoms with van der Waals surface area (Å²) in [6, 6.07) is 12.9. The number of carbonyl (C=O) groups is 1. The zero-order valence-corrected chi connectivity index (χ0v) is 15.3. The number of benzene rings is 2. The van der Waals surface area contributed by atoms with Crippen LogP contribution in [0, 0.1) is 13.8 Å². The molecule has 0 spiro atoms. The predicted molar refractivity (Wildman–Crippen MR) is 101 cm³/mol. The third kappa shape index (κ3) is 2.77. The molecule has 2 aromatic heterocycles. The van der Waals surface area contributed by atoms with Crippen LogP contribution in [-0.4, -0.2) is 25.1 Å². The molecular formula is C20H18N4O3. The Hall–Kier alpha value is -3.48. The molecule has 0 saturated carbocycles. The second kappa shape index (κ2) is 6.35. The summed E-state index contributed by atoms with van der Waals surface area (Å²) in [5, 5.41) is 8.80. The first-order valence-electron chi connectivity index (χ1n) is 8.53. The highest BCUT2D eigenvalue weighted by Gasteiger charge is 2.17. The molecule has 0 bridgehead atoms. The summed E-state index contributed by atoms with van der Waals surface area (Å²) in [5.74, 6) is 0.435. The minimum Gasteiger partial charge on any atom is -0.454 e. The quantitative estimate of drug-likeness (QED) is 0.524. The van der Waals surface area contributed by atoms with Crippen molar-refractivity contribution in [2.45, 2.75) is 20.5 Å². The van der Waals surface area contributed by atoms with Gasteiger partial charge in [0.05, 0.1) is 16.5 Å². The van der Waals surface area contributed by atoms with Gasteiger partial charge in [-0.25, -0.2) is 4.79 Å². The van der Waals surface area contributed by atoms with Crippen LogP contribution in [0.15, 0.2) is 47.3 Å². The first-order valence-corrected chi connectivity index (χ1v) is 8.53. The number of nitrogens with zero attached hydrogens (tertiary/aromatic N) is 4. The maximum absolute atomic E-state index is 12.6. The summed E-state index contributed by atoms with van der Waals surface area (Å²) >= 11 is 0. The second-order valence-corrected chi connectivity index (χ2v) is 6.53. The van der Waals surface area contributed by atoms with Crippen molar-refractivity contribution >= 4 is 22.6 Å². The lowest BCUT2D eigenvalue weighted by molar-refractivity contribution is 0.0460. The molecule has 0 fully saturated rings. The summed E-state index contributed by atoms with van der Waals surface area (Å²) < 4.78 is 8.65. The van der Waals surface area contributed by atoms with Crippen LogP contribution in [0.1, 0.15) is 27.3 Å². The van der Waals surface area contributed by atoms with Crippen molar-refractivity contribution in [1.29, 1.82) is 0 Å². The number of aryl methyl sites for hydroxylation is 3. The average molecular weight is 362 g/mol. The van der Waals surface area contributed by atoms with E-state index in [0.717, 1.165) is 11.1 Å². The van der Waals surface area contributed by atoms with E-state index in [1.54, 1.807) is 23.6 Å².